The van der Waals surface area contributed by atoms with Crippen LogP contribution in [0, 0.1) is 6.92 Å². The van der Waals surface area contributed by atoms with Crippen molar-refractivity contribution in [2.45, 2.75) is 39.0 Å². The van der Waals surface area contributed by atoms with Gasteiger partial charge in [0, 0.05) is 0 Å². The summed E-state index contributed by atoms with van der Waals surface area (Å²) in [6.45, 7) is 3.95. The number of hydrogen-bond acceptors (Lipinski definition) is 3. The molecule has 106 valence electrons. The van der Waals surface area contributed by atoms with E-state index in [-0.39, 0.29) is 17.8 Å². The highest BCUT2D eigenvalue weighted by Gasteiger charge is 2.21. The molecule has 1 aromatic carbocycles. The van der Waals surface area contributed by atoms with Crippen LogP contribution in [-0.4, -0.2) is 10.9 Å². The first kappa shape index (κ1) is 14.3. The zero-order valence-electron chi connectivity index (χ0n) is 11.9. The highest BCUT2D eigenvalue weighted by atomic mass is 16.4. The number of nitrogens with one attached hydrogen (secondary N) is 1. The van der Waals surface area contributed by atoms with Gasteiger partial charge < -0.3 is 4.42 Å². The third-order valence-electron chi connectivity index (χ3n) is 3.21. The van der Waals surface area contributed by atoms with Gasteiger partial charge in [-0.2, -0.15) is 4.98 Å². The Morgan fingerprint density at radius 2 is 2.10 bits per heavy atom. The van der Waals surface area contributed by atoms with E-state index >= 15 is 0 Å². The highest BCUT2D eigenvalue weighted by molar-refractivity contribution is 5.94. The van der Waals surface area contributed by atoms with Crippen molar-refractivity contribution < 1.29 is 9.21 Å². The first-order valence-corrected chi connectivity index (χ1v) is 6.98. The summed E-state index contributed by atoms with van der Waals surface area (Å²) < 4.78 is 5.18. The predicted octanol–water partition coefficient (Wildman–Crippen LogP) is 3.90. The Hall–Kier alpha value is -2.10. The van der Waals surface area contributed by atoms with Crippen LogP contribution < -0.4 is 5.32 Å². The molecular weight excluding hydrogens is 252 g/mol. The van der Waals surface area contributed by atoms with Crippen molar-refractivity contribution >= 4 is 11.9 Å². The van der Waals surface area contributed by atoms with Gasteiger partial charge in [-0.1, -0.05) is 50.1 Å². The van der Waals surface area contributed by atoms with Crippen LogP contribution in [0.1, 0.15) is 43.4 Å². The van der Waals surface area contributed by atoms with Crippen molar-refractivity contribution in [3.05, 3.63) is 47.9 Å². The Bertz CT molecular complexity index is 549. The summed E-state index contributed by atoms with van der Waals surface area (Å²) in [4.78, 5) is 16.5. The maximum absolute atomic E-state index is 12.4. The molecule has 0 saturated carbocycles. The smallest absolute Gasteiger partial charge is 0.301 e. The number of hydrogen-bond donors (Lipinski definition) is 1. The van der Waals surface area contributed by atoms with E-state index in [1.807, 2.05) is 37.3 Å². The number of aromatic nitrogens is 1. The van der Waals surface area contributed by atoms with E-state index in [0.29, 0.717) is 0 Å². The Morgan fingerprint density at radius 1 is 1.35 bits per heavy atom. The predicted molar refractivity (Wildman–Crippen MR) is 78.6 cm³/mol. The summed E-state index contributed by atoms with van der Waals surface area (Å²) in [5, 5.41) is 2.75. The molecule has 0 bridgehead atoms. The molecule has 0 aliphatic rings. The number of carbonyl (C=O) groups excluding carboxylic acids is 1. The van der Waals surface area contributed by atoms with Crippen LogP contribution in [0.2, 0.25) is 0 Å². The first-order chi connectivity index (χ1) is 9.70. The number of oxazole rings is 1. The van der Waals surface area contributed by atoms with E-state index in [0.717, 1.165) is 30.5 Å². The number of nitrogens with zero attached hydrogens (tertiary/aromatic N) is 1. The van der Waals surface area contributed by atoms with Gasteiger partial charge in [0.05, 0.1) is 11.6 Å². The minimum atomic E-state index is -0.164. The quantitative estimate of drug-likeness (QED) is 0.867. The molecule has 1 amide bonds. The van der Waals surface area contributed by atoms with Gasteiger partial charge in [0.15, 0.2) is 0 Å². The van der Waals surface area contributed by atoms with Gasteiger partial charge in [0.1, 0.15) is 6.26 Å². The van der Waals surface area contributed by atoms with Gasteiger partial charge in [-0.15, -0.1) is 0 Å². The van der Waals surface area contributed by atoms with Crippen molar-refractivity contribution in [1.82, 2.24) is 4.98 Å². The van der Waals surface area contributed by atoms with E-state index in [1.54, 1.807) is 0 Å². The second kappa shape index (κ2) is 6.89. The van der Waals surface area contributed by atoms with Crippen LogP contribution in [0.4, 0.5) is 6.01 Å². The minimum absolute atomic E-state index is 0.0634. The van der Waals surface area contributed by atoms with Crippen LogP contribution in [-0.2, 0) is 4.79 Å². The summed E-state index contributed by atoms with van der Waals surface area (Å²) in [6, 6.07) is 10.1. The average molecular weight is 272 g/mol. The van der Waals surface area contributed by atoms with E-state index in [9.17, 15) is 4.79 Å². The zero-order chi connectivity index (χ0) is 14.4. The van der Waals surface area contributed by atoms with Gasteiger partial charge in [-0.3, -0.25) is 10.1 Å². The molecule has 2 rings (SSSR count). The maximum Gasteiger partial charge on any atom is 0.301 e. The fourth-order valence-electron chi connectivity index (χ4n) is 2.15. The normalized spacial score (nSPS) is 12.1. The molecule has 0 aliphatic carbocycles. The second-order valence-electron chi connectivity index (χ2n) is 4.89. The fraction of sp³-hybridized carbons (Fsp3) is 0.375. The zero-order valence-corrected chi connectivity index (χ0v) is 11.9. The van der Waals surface area contributed by atoms with E-state index in [4.69, 9.17) is 4.42 Å². The molecule has 1 heterocycles. The number of unbranched alkanes of at least 4 members (excludes halogenated alkanes) is 1. The molecular formula is C16H20N2O2. The number of aryl methyl sites for hydroxylation is 1. The molecule has 1 N–H and O–H groups in total. The lowest BCUT2D eigenvalue weighted by molar-refractivity contribution is -0.117. The number of carbonyl (C=O) groups is 1. The molecule has 2 aromatic rings. The van der Waals surface area contributed by atoms with Crippen molar-refractivity contribution in [2.24, 2.45) is 0 Å². The first-order valence-electron chi connectivity index (χ1n) is 6.98. The summed E-state index contributed by atoms with van der Waals surface area (Å²) in [7, 11) is 0. The molecule has 1 aromatic heterocycles. The molecule has 0 radical (unpaired) electrons. The molecule has 20 heavy (non-hydrogen) atoms. The second-order valence-corrected chi connectivity index (χ2v) is 4.89. The minimum Gasteiger partial charge on any atom is -0.432 e. The number of anilines is 1. The Balaban J connectivity index is 2.11. The lowest BCUT2D eigenvalue weighted by Crippen LogP contribution is -2.21. The number of rotatable bonds is 6. The summed E-state index contributed by atoms with van der Waals surface area (Å²) in [5.41, 5.74) is 1.78. The monoisotopic (exact) mass is 272 g/mol. The fourth-order valence-corrected chi connectivity index (χ4v) is 2.15. The average Bonchev–Trinajstić information content (AvgIpc) is 2.86. The van der Waals surface area contributed by atoms with E-state index < -0.39 is 0 Å². The highest BCUT2D eigenvalue weighted by Crippen LogP contribution is 2.23. The lowest BCUT2D eigenvalue weighted by atomic mass is 9.93. The standard InChI is InChI=1S/C16H20N2O2/c1-3-4-10-14(13-8-6-5-7-9-13)15(19)18-16-17-12(2)11-20-16/h5-9,11,14H,3-4,10H2,1-2H3,(H,17,18,19). The summed E-state index contributed by atoms with van der Waals surface area (Å²) >= 11 is 0. The summed E-state index contributed by atoms with van der Waals surface area (Å²) in [6.07, 6.45) is 4.43. The molecule has 1 unspecified atom stereocenters. The van der Waals surface area contributed by atoms with E-state index in [1.165, 1.54) is 6.26 Å². The van der Waals surface area contributed by atoms with Crippen LogP contribution in [0.25, 0.3) is 0 Å². The Kier molecular flexibility index (Phi) is 4.93. The van der Waals surface area contributed by atoms with Gasteiger partial charge in [0.25, 0.3) is 0 Å². The van der Waals surface area contributed by atoms with Gasteiger partial charge >= 0.3 is 6.01 Å². The van der Waals surface area contributed by atoms with Crippen molar-refractivity contribution in [3.8, 4) is 0 Å². The van der Waals surface area contributed by atoms with Crippen molar-refractivity contribution in [2.75, 3.05) is 5.32 Å². The van der Waals surface area contributed by atoms with Gasteiger partial charge in [-0.25, -0.2) is 0 Å². The largest absolute Gasteiger partial charge is 0.432 e. The summed E-state index contributed by atoms with van der Waals surface area (Å²) in [5.74, 6) is -0.227. The van der Waals surface area contributed by atoms with Crippen LogP contribution in [0.5, 0.6) is 0 Å². The topological polar surface area (TPSA) is 55.1 Å². The molecule has 1 atom stereocenters. The van der Waals surface area contributed by atoms with Crippen LogP contribution >= 0.6 is 0 Å². The Labute approximate surface area is 119 Å². The molecule has 4 nitrogen and oxygen atoms in total. The third kappa shape index (κ3) is 3.70. The van der Waals surface area contributed by atoms with Gasteiger partial charge in [-0.05, 0) is 18.9 Å². The molecule has 0 aliphatic heterocycles. The van der Waals surface area contributed by atoms with Crippen molar-refractivity contribution in [3.63, 3.8) is 0 Å². The van der Waals surface area contributed by atoms with E-state index in [2.05, 4.69) is 17.2 Å². The van der Waals surface area contributed by atoms with Crippen LogP contribution in [0.15, 0.2) is 41.0 Å². The third-order valence-corrected chi connectivity index (χ3v) is 3.21. The van der Waals surface area contributed by atoms with Crippen LogP contribution in [0.3, 0.4) is 0 Å². The van der Waals surface area contributed by atoms with Crippen molar-refractivity contribution in [1.29, 1.82) is 0 Å². The Morgan fingerprint density at radius 3 is 2.70 bits per heavy atom. The molecule has 0 spiro atoms. The number of benzene rings is 1. The maximum atomic E-state index is 12.4. The lowest BCUT2D eigenvalue weighted by Gasteiger charge is -2.15. The molecule has 4 heteroatoms. The van der Waals surface area contributed by atoms with Gasteiger partial charge in [0.2, 0.25) is 5.91 Å². The molecule has 0 saturated heterocycles. The SMILES string of the molecule is CCCCC(C(=O)Nc1nc(C)co1)c1ccccc1. The number of amides is 1. The molecule has 0 fully saturated rings.